The van der Waals surface area contributed by atoms with Crippen molar-refractivity contribution in [2.24, 2.45) is 0 Å². The van der Waals surface area contributed by atoms with Crippen molar-refractivity contribution in [3.63, 3.8) is 0 Å². The Morgan fingerprint density at radius 1 is 1.43 bits per heavy atom. The van der Waals surface area contributed by atoms with E-state index in [1.807, 2.05) is 6.92 Å². The van der Waals surface area contributed by atoms with Crippen LogP contribution in [0.25, 0.3) is 0 Å². The van der Waals surface area contributed by atoms with Crippen LogP contribution >= 0.6 is 0 Å². The molecule has 10 heteroatoms. The maximum atomic E-state index is 11.7. The third kappa shape index (κ3) is 4.14. The average molecular weight is 319 g/mol. The summed E-state index contributed by atoms with van der Waals surface area (Å²) in [4.78, 5) is 10.6. The molecule has 0 radical (unpaired) electrons. The minimum absolute atomic E-state index is 0.0796. The van der Waals surface area contributed by atoms with E-state index in [1.54, 1.807) is 6.92 Å². The van der Waals surface area contributed by atoms with E-state index in [4.69, 9.17) is 0 Å². The van der Waals surface area contributed by atoms with Crippen LogP contribution in [0, 0.1) is 17.0 Å². The predicted octanol–water partition coefficient (Wildman–Crippen LogP) is 0.813. The Morgan fingerprint density at radius 3 is 2.52 bits per heavy atom. The first-order chi connectivity index (χ1) is 9.70. The summed E-state index contributed by atoms with van der Waals surface area (Å²) in [6.45, 7) is 4.10. The van der Waals surface area contributed by atoms with E-state index >= 15 is 0 Å². The van der Waals surface area contributed by atoms with Crippen molar-refractivity contribution < 1.29 is 13.3 Å². The van der Waals surface area contributed by atoms with Gasteiger partial charge in [0.05, 0.1) is 10.7 Å². The van der Waals surface area contributed by atoms with Crippen LogP contribution in [-0.4, -0.2) is 53.8 Å². The number of aryl methyl sites for hydroxylation is 2. The smallest absolute Gasteiger partial charge is 0.333 e. The third-order valence-corrected chi connectivity index (χ3v) is 4.76. The Morgan fingerprint density at radius 2 is 2.05 bits per heavy atom. The second kappa shape index (κ2) is 6.85. The molecule has 0 saturated heterocycles. The maximum absolute atomic E-state index is 11.7. The Labute approximate surface area is 124 Å². The largest absolute Gasteiger partial charge is 0.363 e. The van der Waals surface area contributed by atoms with Crippen LogP contribution in [0.1, 0.15) is 19.0 Å². The lowest BCUT2D eigenvalue weighted by Crippen LogP contribution is -2.29. The van der Waals surface area contributed by atoms with Crippen molar-refractivity contribution in [1.29, 1.82) is 0 Å². The van der Waals surface area contributed by atoms with E-state index in [9.17, 15) is 18.5 Å². The normalized spacial score (nSPS) is 11.9. The zero-order valence-electron chi connectivity index (χ0n) is 12.7. The molecule has 1 heterocycles. The molecule has 120 valence electrons. The summed E-state index contributed by atoms with van der Waals surface area (Å²) in [7, 11) is -0.453. The quantitative estimate of drug-likeness (QED) is 0.561. The molecule has 0 bridgehead atoms. The molecule has 0 fully saturated rings. The Hall–Kier alpha value is -1.68. The number of nitro groups is 1. The number of rotatable bonds is 8. The number of hydrogen-bond acceptors (Lipinski definition) is 6. The highest BCUT2D eigenvalue weighted by atomic mass is 32.2. The standard InChI is InChI=1S/C11H21N5O4S/c1-5-7-15-11(10(16(17)18)9(2)13-15)12-6-8-21(19,20)14(3)4/h12H,5-8H2,1-4H3. The van der Waals surface area contributed by atoms with Crippen molar-refractivity contribution in [2.75, 3.05) is 31.7 Å². The van der Waals surface area contributed by atoms with Gasteiger partial charge in [0, 0.05) is 27.2 Å². The van der Waals surface area contributed by atoms with E-state index in [0.29, 0.717) is 12.2 Å². The predicted molar refractivity (Wildman–Crippen MR) is 79.9 cm³/mol. The second-order valence-electron chi connectivity index (χ2n) is 4.79. The zero-order chi connectivity index (χ0) is 16.2. The highest BCUT2D eigenvalue weighted by molar-refractivity contribution is 7.89. The molecular formula is C11H21N5O4S. The van der Waals surface area contributed by atoms with Gasteiger partial charge in [0.1, 0.15) is 5.69 Å². The fourth-order valence-electron chi connectivity index (χ4n) is 1.82. The molecule has 0 spiro atoms. The molecule has 0 atom stereocenters. The van der Waals surface area contributed by atoms with Gasteiger partial charge < -0.3 is 5.32 Å². The summed E-state index contributed by atoms with van der Waals surface area (Å²) in [5.41, 5.74) is 0.206. The topological polar surface area (TPSA) is 110 Å². The van der Waals surface area contributed by atoms with Crippen LogP contribution < -0.4 is 5.32 Å². The van der Waals surface area contributed by atoms with Crippen molar-refractivity contribution in [1.82, 2.24) is 14.1 Å². The zero-order valence-corrected chi connectivity index (χ0v) is 13.5. The molecule has 1 aromatic heterocycles. The Kier molecular flexibility index (Phi) is 5.67. The van der Waals surface area contributed by atoms with Crippen LogP contribution in [0.5, 0.6) is 0 Å². The van der Waals surface area contributed by atoms with Gasteiger partial charge in [-0.2, -0.15) is 5.10 Å². The van der Waals surface area contributed by atoms with E-state index in [2.05, 4.69) is 10.4 Å². The lowest BCUT2D eigenvalue weighted by atomic mass is 10.4. The molecule has 0 aliphatic carbocycles. The van der Waals surface area contributed by atoms with E-state index in [-0.39, 0.29) is 23.8 Å². The van der Waals surface area contributed by atoms with Crippen molar-refractivity contribution in [3.05, 3.63) is 15.8 Å². The molecule has 0 saturated carbocycles. The summed E-state index contributed by atoms with van der Waals surface area (Å²) in [6, 6.07) is 0. The first-order valence-corrected chi connectivity index (χ1v) is 8.17. The van der Waals surface area contributed by atoms with Crippen LogP contribution in [-0.2, 0) is 16.6 Å². The molecule has 0 aromatic carbocycles. The van der Waals surface area contributed by atoms with Gasteiger partial charge in [-0.05, 0) is 13.3 Å². The number of anilines is 1. The van der Waals surface area contributed by atoms with Gasteiger partial charge in [-0.1, -0.05) is 6.92 Å². The van der Waals surface area contributed by atoms with Crippen LogP contribution in [0.15, 0.2) is 0 Å². The minimum atomic E-state index is -3.35. The number of nitrogens with zero attached hydrogens (tertiary/aromatic N) is 4. The average Bonchev–Trinajstić information content (AvgIpc) is 2.65. The van der Waals surface area contributed by atoms with E-state index < -0.39 is 14.9 Å². The third-order valence-electron chi connectivity index (χ3n) is 2.92. The number of nitrogens with one attached hydrogen (secondary N) is 1. The van der Waals surface area contributed by atoms with E-state index in [0.717, 1.165) is 10.7 Å². The van der Waals surface area contributed by atoms with Gasteiger partial charge >= 0.3 is 5.69 Å². The maximum Gasteiger partial charge on any atom is 0.333 e. The Bertz CT molecular complexity index is 608. The van der Waals surface area contributed by atoms with Crippen LogP contribution in [0.2, 0.25) is 0 Å². The highest BCUT2D eigenvalue weighted by Gasteiger charge is 2.25. The SMILES string of the molecule is CCCn1nc(C)c([N+](=O)[O-])c1NCCS(=O)(=O)N(C)C. The lowest BCUT2D eigenvalue weighted by molar-refractivity contribution is -0.384. The fourth-order valence-corrected chi connectivity index (χ4v) is 2.55. The minimum Gasteiger partial charge on any atom is -0.363 e. The molecule has 1 N–H and O–H groups in total. The van der Waals surface area contributed by atoms with Crippen molar-refractivity contribution >= 4 is 21.5 Å². The van der Waals surface area contributed by atoms with Crippen molar-refractivity contribution in [2.45, 2.75) is 26.8 Å². The number of sulfonamides is 1. The summed E-state index contributed by atoms with van der Waals surface area (Å²) < 4.78 is 26.0. The number of aromatic nitrogens is 2. The van der Waals surface area contributed by atoms with Gasteiger partial charge in [0.2, 0.25) is 15.8 Å². The molecule has 21 heavy (non-hydrogen) atoms. The number of hydrogen-bond donors (Lipinski definition) is 1. The van der Waals surface area contributed by atoms with E-state index in [1.165, 1.54) is 18.8 Å². The first-order valence-electron chi connectivity index (χ1n) is 6.56. The molecule has 0 aliphatic rings. The molecule has 9 nitrogen and oxygen atoms in total. The monoisotopic (exact) mass is 319 g/mol. The molecule has 1 rings (SSSR count). The van der Waals surface area contributed by atoms with Gasteiger partial charge in [-0.25, -0.2) is 17.4 Å². The summed E-state index contributed by atoms with van der Waals surface area (Å²) >= 11 is 0. The second-order valence-corrected chi connectivity index (χ2v) is 7.09. The summed E-state index contributed by atoms with van der Waals surface area (Å²) in [5.74, 6) is 0.112. The molecule has 0 aliphatic heterocycles. The van der Waals surface area contributed by atoms with Crippen molar-refractivity contribution in [3.8, 4) is 0 Å². The van der Waals surface area contributed by atoms with Gasteiger partial charge in [-0.15, -0.1) is 0 Å². The Balaban J connectivity index is 2.94. The molecule has 0 amide bonds. The van der Waals surface area contributed by atoms with Gasteiger partial charge in [0.25, 0.3) is 0 Å². The molecule has 0 unspecified atom stereocenters. The fraction of sp³-hybridized carbons (Fsp3) is 0.727. The molecule has 1 aromatic rings. The van der Waals surface area contributed by atoms with Gasteiger partial charge in [-0.3, -0.25) is 10.1 Å². The summed E-state index contributed by atoms with van der Waals surface area (Å²) in [5, 5.41) is 18.1. The summed E-state index contributed by atoms with van der Waals surface area (Å²) in [6.07, 6.45) is 0.767. The first kappa shape index (κ1) is 17.4. The molecular weight excluding hydrogens is 298 g/mol. The van der Waals surface area contributed by atoms with Crippen LogP contribution in [0.3, 0.4) is 0 Å². The highest BCUT2D eigenvalue weighted by Crippen LogP contribution is 2.28. The van der Waals surface area contributed by atoms with Gasteiger partial charge in [0.15, 0.2) is 0 Å². The van der Waals surface area contributed by atoms with Crippen LogP contribution in [0.4, 0.5) is 11.5 Å². The lowest BCUT2D eigenvalue weighted by Gasteiger charge is -2.12.